The second-order valence-electron chi connectivity index (χ2n) is 9.57. The van der Waals surface area contributed by atoms with E-state index in [9.17, 15) is 15.0 Å². The summed E-state index contributed by atoms with van der Waals surface area (Å²) in [6.07, 6.45) is 4.40. The average molecular weight is 429 g/mol. The number of aliphatic hydroxyl groups excluding tert-OH is 2. The van der Waals surface area contributed by atoms with E-state index in [2.05, 4.69) is 26.1 Å². The molecule has 0 aromatic rings. The highest BCUT2D eigenvalue weighted by Gasteiger charge is 2.42. The fourth-order valence-electron chi connectivity index (χ4n) is 4.63. The third-order valence-electron chi connectivity index (χ3n) is 7.03. The molecule has 30 heavy (non-hydrogen) atoms. The molecule has 0 aromatic carbocycles. The summed E-state index contributed by atoms with van der Waals surface area (Å²) in [6.45, 7) is 8.94. The smallest absolute Gasteiger partial charge is 0.223 e. The predicted molar refractivity (Wildman–Crippen MR) is 117 cm³/mol. The first-order chi connectivity index (χ1) is 14.2. The number of nitrogens with one attached hydrogen (secondary N) is 1. The van der Waals surface area contributed by atoms with Crippen molar-refractivity contribution in [3.05, 3.63) is 0 Å². The summed E-state index contributed by atoms with van der Waals surface area (Å²) >= 11 is 0. The van der Waals surface area contributed by atoms with Crippen LogP contribution in [0.25, 0.3) is 0 Å². The van der Waals surface area contributed by atoms with Crippen LogP contribution in [-0.2, 0) is 14.3 Å². The molecule has 7 nitrogen and oxygen atoms in total. The first-order valence-corrected chi connectivity index (χ1v) is 11.9. The summed E-state index contributed by atoms with van der Waals surface area (Å²) in [7, 11) is 0. The number of amides is 1. The van der Waals surface area contributed by atoms with Gasteiger partial charge in [-0.15, -0.1) is 0 Å². The van der Waals surface area contributed by atoms with Crippen molar-refractivity contribution < 1.29 is 24.5 Å². The molecule has 2 aliphatic rings. The number of hydrogen-bond acceptors (Lipinski definition) is 6. The Bertz CT molecular complexity index is 520. The first kappa shape index (κ1) is 25.5. The molecule has 9 atom stereocenters. The van der Waals surface area contributed by atoms with Gasteiger partial charge in [0, 0.05) is 12.5 Å². The van der Waals surface area contributed by atoms with Gasteiger partial charge in [-0.25, -0.2) is 0 Å². The number of hydrogen-bond donors (Lipinski definition) is 4. The van der Waals surface area contributed by atoms with E-state index in [4.69, 9.17) is 15.2 Å². The number of carbonyl (C=O) groups is 1. The SMILES string of the molecule is CC[C@H]1CCC[C@H](C)CC[C@@H](O[C@H]2O[C@H](C)[C@@H](O)[C@H](N)[C@H]2O)[C@H](C)CCCNC1=O. The Labute approximate surface area is 182 Å². The molecule has 0 unspecified atom stereocenters. The van der Waals surface area contributed by atoms with Gasteiger partial charge in [-0.05, 0) is 57.3 Å². The zero-order valence-electron chi connectivity index (χ0n) is 19.3. The highest BCUT2D eigenvalue weighted by Crippen LogP contribution is 2.29. The molecule has 2 fully saturated rings. The molecule has 0 saturated carbocycles. The molecule has 0 aliphatic carbocycles. The van der Waals surface area contributed by atoms with Gasteiger partial charge in [-0.3, -0.25) is 4.79 Å². The summed E-state index contributed by atoms with van der Waals surface area (Å²) in [5, 5.41) is 23.6. The van der Waals surface area contributed by atoms with Crippen LogP contribution in [0.4, 0.5) is 0 Å². The van der Waals surface area contributed by atoms with E-state index in [1.54, 1.807) is 6.92 Å². The van der Waals surface area contributed by atoms with Crippen LogP contribution in [0.15, 0.2) is 0 Å². The molecule has 0 radical (unpaired) electrons. The number of rotatable bonds is 3. The van der Waals surface area contributed by atoms with Crippen molar-refractivity contribution in [2.24, 2.45) is 23.5 Å². The summed E-state index contributed by atoms with van der Waals surface area (Å²) in [5.41, 5.74) is 5.97. The van der Waals surface area contributed by atoms with Crippen LogP contribution in [0.3, 0.4) is 0 Å². The van der Waals surface area contributed by atoms with Crippen molar-refractivity contribution in [3.63, 3.8) is 0 Å². The van der Waals surface area contributed by atoms with Crippen LogP contribution < -0.4 is 11.1 Å². The highest BCUT2D eigenvalue weighted by molar-refractivity contribution is 5.78. The lowest BCUT2D eigenvalue weighted by Gasteiger charge is -2.42. The average Bonchev–Trinajstić information content (AvgIpc) is 2.72. The van der Waals surface area contributed by atoms with Gasteiger partial charge in [-0.1, -0.05) is 33.6 Å². The lowest BCUT2D eigenvalue weighted by Crippen LogP contribution is -2.61. The second kappa shape index (κ2) is 12.3. The van der Waals surface area contributed by atoms with Gasteiger partial charge in [0.25, 0.3) is 0 Å². The van der Waals surface area contributed by atoms with Crippen molar-refractivity contribution >= 4 is 5.91 Å². The van der Waals surface area contributed by atoms with Gasteiger partial charge in [0.15, 0.2) is 6.29 Å². The largest absolute Gasteiger partial charge is 0.389 e. The Hall–Kier alpha value is -0.730. The van der Waals surface area contributed by atoms with Crippen molar-refractivity contribution in [1.29, 1.82) is 0 Å². The monoisotopic (exact) mass is 428 g/mol. The normalized spacial score (nSPS) is 42.9. The van der Waals surface area contributed by atoms with Crippen molar-refractivity contribution in [2.45, 2.75) is 116 Å². The fourth-order valence-corrected chi connectivity index (χ4v) is 4.63. The lowest BCUT2D eigenvalue weighted by molar-refractivity contribution is -0.286. The summed E-state index contributed by atoms with van der Waals surface area (Å²) in [4.78, 5) is 12.4. The molecule has 0 spiro atoms. The Morgan fingerprint density at radius 2 is 1.80 bits per heavy atom. The summed E-state index contributed by atoms with van der Waals surface area (Å²) < 4.78 is 12.0. The number of nitrogens with two attached hydrogens (primary N) is 1. The van der Waals surface area contributed by atoms with Crippen molar-refractivity contribution in [2.75, 3.05) is 6.54 Å². The molecule has 2 aliphatic heterocycles. The summed E-state index contributed by atoms with van der Waals surface area (Å²) in [5.74, 6) is 1.11. The molecule has 0 bridgehead atoms. The molecule has 2 rings (SSSR count). The minimum absolute atomic E-state index is 0.0659. The molecule has 7 heteroatoms. The first-order valence-electron chi connectivity index (χ1n) is 11.9. The van der Waals surface area contributed by atoms with Gasteiger partial charge in [0.05, 0.1) is 24.4 Å². The van der Waals surface area contributed by atoms with Gasteiger partial charge < -0.3 is 30.7 Å². The van der Waals surface area contributed by atoms with E-state index in [1.807, 2.05) is 0 Å². The standard InChI is InChI=1S/C23H44N2O5/c1-5-17-10-6-8-14(2)11-12-18(15(3)9-7-13-25-22(17)28)30-23-21(27)19(24)20(26)16(4)29-23/h14-21,23,26-27H,5-13,24H2,1-4H3,(H,25,28)/t14-,15+,16+,17-,18+,19-,20+,21+,23+/m0/s1. The van der Waals surface area contributed by atoms with E-state index in [-0.39, 0.29) is 23.8 Å². The predicted octanol–water partition coefficient (Wildman–Crippen LogP) is 2.32. The topological polar surface area (TPSA) is 114 Å². The van der Waals surface area contributed by atoms with Crippen LogP contribution in [0, 0.1) is 17.8 Å². The van der Waals surface area contributed by atoms with Crippen LogP contribution in [-0.4, -0.2) is 59.4 Å². The third-order valence-corrected chi connectivity index (χ3v) is 7.03. The Balaban J connectivity index is 2.01. The Kier molecular flexibility index (Phi) is 10.5. The molecule has 176 valence electrons. The van der Waals surface area contributed by atoms with Gasteiger partial charge >= 0.3 is 0 Å². The van der Waals surface area contributed by atoms with Crippen molar-refractivity contribution in [3.8, 4) is 0 Å². The van der Waals surface area contributed by atoms with E-state index in [1.165, 1.54) is 0 Å². The molecular weight excluding hydrogens is 384 g/mol. The quantitative estimate of drug-likeness (QED) is 0.549. The van der Waals surface area contributed by atoms with E-state index < -0.39 is 30.6 Å². The van der Waals surface area contributed by atoms with E-state index in [0.29, 0.717) is 12.5 Å². The van der Waals surface area contributed by atoms with Crippen molar-refractivity contribution in [1.82, 2.24) is 5.32 Å². The van der Waals surface area contributed by atoms with Gasteiger partial charge in [-0.2, -0.15) is 0 Å². The van der Waals surface area contributed by atoms with E-state index in [0.717, 1.165) is 51.4 Å². The maximum atomic E-state index is 12.4. The second-order valence-corrected chi connectivity index (χ2v) is 9.57. The Morgan fingerprint density at radius 1 is 1.07 bits per heavy atom. The van der Waals surface area contributed by atoms with Crippen LogP contribution in [0.5, 0.6) is 0 Å². The molecule has 2 saturated heterocycles. The van der Waals surface area contributed by atoms with Crippen LogP contribution in [0.1, 0.15) is 79.1 Å². The van der Waals surface area contributed by atoms with Crippen LogP contribution in [0.2, 0.25) is 0 Å². The number of carbonyl (C=O) groups excluding carboxylic acids is 1. The minimum Gasteiger partial charge on any atom is -0.389 e. The van der Waals surface area contributed by atoms with Crippen LogP contribution >= 0.6 is 0 Å². The third kappa shape index (κ3) is 7.16. The van der Waals surface area contributed by atoms with Gasteiger partial charge in [0.2, 0.25) is 5.91 Å². The molecule has 2 heterocycles. The fraction of sp³-hybridized carbons (Fsp3) is 0.957. The van der Waals surface area contributed by atoms with E-state index >= 15 is 0 Å². The molecule has 0 aromatic heterocycles. The summed E-state index contributed by atoms with van der Waals surface area (Å²) in [6, 6.07) is -0.784. The maximum Gasteiger partial charge on any atom is 0.223 e. The zero-order valence-corrected chi connectivity index (χ0v) is 19.3. The molecule has 5 N–H and O–H groups in total. The van der Waals surface area contributed by atoms with Gasteiger partial charge in [0.1, 0.15) is 6.10 Å². The molecule has 1 amide bonds. The lowest BCUT2D eigenvalue weighted by atomic mass is 9.88. The maximum absolute atomic E-state index is 12.4. The number of aliphatic hydroxyl groups is 2. The minimum atomic E-state index is -1.06. The number of ether oxygens (including phenoxy) is 2. The molecular formula is C23H44N2O5. The Morgan fingerprint density at radius 3 is 2.50 bits per heavy atom. The zero-order chi connectivity index (χ0) is 22.3. The highest BCUT2D eigenvalue weighted by atomic mass is 16.7.